The van der Waals surface area contributed by atoms with Gasteiger partial charge in [-0.25, -0.2) is 24.2 Å². The zero-order chi connectivity index (χ0) is 25.0. The van der Waals surface area contributed by atoms with E-state index in [1.807, 2.05) is 0 Å². The lowest BCUT2D eigenvalue weighted by molar-refractivity contribution is -0.129. The summed E-state index contributed by atoms with van der Waals surface area (Å²) in [5.41, 5.74) is 3.37. The van der Waals surface area contributed by atoms with Crippen LogP contribution in [0.15, 0.2) is 60.9 Å². The van der Waals surface area contributed by atoms with Crippen LogP contribution in [-0.4, -0.2) is 33.5 Å². The molecule has 0 atom stereocenters. The van der Waals surface area contributed by atoms with Crippen molar-refractivity contribution in [1.29, 1.82) is 0 Å². The summed E-state index contributed by atoms with van der Waals surface area (Å²) in [6, 6.07) is 11.4. The molecule has 0 aliphatic rings. The molecule has 2 aromatic carbocycles. The number of hydrogen-bond donors (Lipinski definition) is 4. The van der Waals surface area contributed by atoms with Crippen molar-refractivity contribution in [2.45, 2.75) is 38.1 Å². The van der Waals surface area contributed by atoms with Crippen LogP contribution in [0.1, 0.15) is 59.6 Å². The fourth-order valence-electron chi connectivity index (χ4n) is 3.44. The van der Waals surface area contributed by atoms with Gasteiger partial charge in [0.25, 0.3) is 5.91 Å². The van der Waals surface area contributed by atoms with Gasteiger partial charge < -0.3 is 10.6 Å². The van der Waals surface area contributed by atoms with Gasteiger partial charge in [0, 0.05) is 25.4 Å². The van der Waals surface area contributed by atoms with E-state index in [1.54, 1.807) is 29.7 Å². The molecule has 0 bridgehead atoms. The largest absolute Gasteiger partial charge is 0.352 e. The van der Waals surface area contributed by atoms with Gasteiger partial charge in [0.1, 0.15) is 11.6 Å². The molecule has 3 rings (SSSR count). The second-order valence-electron chi connectivity index (χ2n) is 7.93. The lowest BCUT2D eigenvalue weighted by Gasteiger charge is -2.20. The molecule has 8 nitrogen and oxygen atoms in total. The molecule has 0 spiro atoms. The average Bonchev–Trinajstić information content (AvgIpc) is 2.88. The third kappa shape index (κ3) is 8.11. The molecule has 0 radical (unpaired) electrons. The molecule has 0 saturated heterocycles. The molecule has 184 valence electrons. The third-order valence-corrected chi connectivity index (χ3v) is 5.34. The Bertz CT molecular complexity index is 1050. The SMILES string of the molecule is O=C(CCCCCCNC(=O)c1cnc(NC(c2ccc(F)cc2)c2ccc(F)cc2)nc1)NO. The summed E-state index contributed by atoms with van der Waals surface area (Å²) in [5, 5.41) is 14.4. The van der Waals surface area contributed by atoms with E-state index in [2.05, 4.69) is 20.6 Å². The van der Waals surface area contributed by atoms with E-state index < -0.39 is 11.9 Å². The summed E-state index contributed by atoms with van der Waals surface area (Å²) in [6.07, 6.45) is 6.16. The van der Waals surface area contributed by atoms with Crippen LogP contribution >= 0.6 is 0 Å². The van der Waals surface area contributed by atoms with Gasteiger partial charge in [0.2, 0.25) is 11.9 Å². The number of hydroxylamine groups is 1. The minimum Gasteiger partial charge on any atom is -0.352 e. The van der Waals surface area contributed by atoms with Crippen molar-refractivity contribution in [3.05, 3.63) is 89.2 Å². The highest BCUT2D eigenvalue weighted by molar-refractivity contribution is 5.93. The van der Waals surface area contributed by atoms with Crippen LogP contribution in [0.2, 0.25) is 0 Å². The number of anilines is 1. The molecular weight excluding hydrogens is 456 g/mol. The van der Waals surface area contributed by atoms with Crippen LogP contribution in [0.25, 0.3) is 0 Å². The zero-order valence-electron chi connectivity index (χ0n) is 19.0. The third-order valence-electron chi connectivity index (χ3n) is 5.34. The van der Waals surface area contributed by atoms with E-state index in [9.17, 15) is 18.4 Å². The van der Waals surface area contributed by atoms with Gasteiger partial charge in [-0.1, -0.05) is 37.1 Å². The highest BCUT2D eigenvalue weighted by atomic mass is 19.1. The Hall–Kier alpha value is -3.92. The van der Waals surface area contributed by atoms with E-state index in [1.165, 1.54) is 36.7 Å². The Balaban J connectivity index is 1.55. The van der Waals surface area contributed by atoms with Crippen molar-refractivity contribution in [3.63, 3.8) is 0 Å². The summed E-state index contributed by atoms with van der Waals surface area (Å²) in [4.78, 5) is 31.7. The number of benzene rings is 2. The topological polar surface area (TPSA) is 116 Å². The standard InChI is InChI=1S/C25H27F2N5O3/c26-20-10-6-17(7-11-20)23(18-8-12-21(27)13-9-18)31-25-29-15-19(16-30-25)24(34)28-14-4-2-1-3-5-22(33)32-35/h6-13,15-16,23,35H,1-5,14H2,(H,28,34)(H,32,33)(H,29,30,31). The minimum absolute atomic E-state index is 0.257. The lowest BCUT2D eigenvalue weighted by atomic mass is 9.99. The first-order valence-electron chi connectivity index (χ1n) is 11.3. The number of carbonyl (C=O) groups excluding carboxylic acids is 2. The molecule has 1 heterocycles. The van der Waals surface area contributed by atoms with Crippen LogP contribution < -0.4 is 16.1 Å². The summed E-state index contributed by atoms with van der Waals surface area (Å²) < 4.78 is 26.8. The predicted octanol–water partition coefficient (Wildman–Crippen LogP) is 4.14. The van der Waals surface area contributed by atoms with E-state index in [0.717, 1.165) is 30.4 Å². The summed E-state index contributed by atoms with van der Waals surface area (Å²) in [6.45, 7) is 0.474. The molecule has 0 aliphatic heterocycles. The second-order valence-corrected chi connectivity index (χ2v) is 7.93. The maximum absolute atomic E-state index is 13.4. The first-order chi connectivity index (χ1) is 17.0. The Morgan fingerprint density at radius 3 is 1.91 bits per heavy atom. The molecular formula is C25H27F2N5O3. The van der Waals surface area contributed by atoms with Crippen molar-refractivity contribution in [2.75, 3.05) is 11.9 Å². The molecule has 0 saturated carbocycles. The van der Waals surface area contributed by atoms with Crippen LogP contribution in [-0.2, 0) is 4.79 Å². The van der Waals surface area contributed by atoms with Crippen LogP contribution in [0.5, 0.6) is 0 Å². The number of rotatable bonds is 12. The van der Waals surface area contributed by atoms with Crippen molar-refractivity contribution in [2.24, 2.45) is 0 Å². The molecule has 3 aromatic rings. The fourth-order valence-corrected chi connectivity index (χ4v) is 3.44. The molecule has 2 amide bonds. The van der Waals surface area contributed by atoms with Crippen LogP contribution in [0.4, 0.5) is 14.7 Å². The normalized spacial score (nSPS) is 10.7. The maximum Gasteiger partial charge on any atom is 0.254 e. The van der Waals surface area contributed by atoms with E-state index >= 15 is 0 Å². The van der Waals surface area contributed by atoms with Gasteiger partial charge in [-0.05, 0) is 48.2 Å². The quantitative estimate of drug-likeness (QED) is 0.175. The molecule has 35 heavy (non-hydrogen) atoms. The number of carbonyl (C=O) groups is 2. The van der Waals surface area contributed by atoms with Crippen molar-refractivity contribution >= 4 is 17.8 Å². The molecule has 1 aromatic heterocycles. The Labute approximate surface area is 201 Å². The fraction of sp³-hybridized carbons (Fsp3) is 0.280. The lowest BCUT2D eigenvalue weighted by Crippen LogP contribution is -2.25. The van der Waals surface area contributed by atoms with Gasteiger partial charge in [0.05, 0.1) is 11.6 Å². The number of nitrogens with one attached hydrogen (secondary N) is 3. The predicted molar refractivity (Wildman–Crippen MR) is 126 cm³/mol. The van der Waals surface area contributed by atoms with Gasteiger partial charge in [-0.15, -0.1) is 0 Å². The van der Waals surface area contributed by atoms with Crippen LogP contribution in [0.3, 0.4) is 0 Å². The molecule has 0 unspecified atom stereocenters. The number of aromatic nitrogens is 2. The van der Waals surface area contributed by atoms with Crippen molar-refractivity contribution in [3.8, 4) is 0 Å². The monoisotopic (exact) mass is 483 g/mol. The first kappa shape index (κ1) is 25.7. The maximum atomic E-state index is 13.4. The molecule has 0 aliphatic carbocycles. The van der Waals surface area contributed by atoms with Gasteiger partial charge in [-0.3, -0.25) is 14.8 Å². The zero-order valence-corrected chi connectivity index (χ0v) is 19.0. The average molecular weight is 484 g/mol. The van der Waals surface area contributed by atoms with E-state index in [-0.39, 0.29) is 29.9 Å². The summed E-state index contributed by atoms with van der Waals surface area (Å²) in [7, 11) is 0. The minimum atomic E-state index is -0.459. The number of unbranched alkanes of at least 4 members (excludes halogenated alkanes) is 3. The van der Waals surface area contributed by atoms with E-state index in [4.69, 9.17) is 5.21 Å². The van der Waals surface area contributed by atoms with Crippen LogP contribution in [0, 0.1) is 11.6 Å². The Morgan fingerprint density at radius 2 is 1.37 bits per heavy atom. The number of halogens is 2. The van der Waals surface area contributed by atoms with Gasteiger partial charge >= 0.3 is 0 Å². The van der Waals surface area contributed by atoms with Crippen molar-refractivity contribution in [1.82, 2.24) is 20.8 Å². The highest BCUT2D eigenvalue weighted by Crippen LogP contribution is 2.26. The van der Waals surface area contributed by atoms with Crippen molar-refractivity contribution < 1.29 is 23.6 Å². The van der Waals surface area contributed by atoms with Gasteiger partial charge in [-0.2, -0.15) is 0 Å². The molecule has 4 N–H and O–H groups in total. The Morgan fingerprint density at radius 1 is 0.829 bits per heavy atom. The van der Waals surface area contributed by atoms with E-state index in [0.29, 0.717) is 18.5 Å². The molecule has 10 heteroatoms. The number of amides is 2. The summed E-state index contributed by atoms with van der Waals surface area (Å²) in [5.74, 6) is -1.19. The Kier molecular flexibility index (Phi) is 9.61. The number of hydrogen-bond acceptors (Lipinski definition) is 6. The smallest absolute Gasteiger partial charge is 0.254 e. The number of nitrogens with zero attached hydrogens (tertiary/aromatic N) is 2. The summed E-state index contributed by atoms with van der Waals surface area (Å²) >= 11 is 0. The second kappa shape index (κ2) is 13.1. The first-order valence-corrected chi connectivity index (χ1v) is 11.3. The molecule has 0 fully saturated rings. The van der Waals surface area contributed by atoms with Gasteiger partial charge in [0.15, 0.2) is 0 Å². The highest BCUT2D eigenvalue weighted by Gasteiger charge is 2.16.